The van der Waals surface area contributed by atoms with Crippen molar-refractivity contribution < 1.29 is 4.79 Å². The van der Waals surface area contributed by atoms with E-state index < -0.39 is 0 Å². The molecule has 1 N–H and O–H groups in total. The van der Waals surface area contributed by atoms with Crippen LogP contribution in [0.15, 0.2) is 48.9 Å². The van der Waals surface area contributed by atoms with E-state index in [1.165, 1.54) is 12.8 Å². The quantitative estimate of drug-likeness (QED) is 0.804. The van der Waals surface area contributed by atoms with Crippen molar-refractivity contribution in [3.05, 3.63) is 54.6 Å². The number of hydrogen-bond acceptors (Lipinski definition) is 3. The molecule has 22 heavy (non-hydrogen) atoms. The predicted molar refractivity (Wildman–Crippen MR) is 83.5 cm³/mol. The Hall–Kier alpha value is -2.69. The van der Waals surface area contributed by atoms with Gasteiger partial charge in [0.2, 0.25) is 0 Å². The molecule has 0 bridgehead atoms. The molecule has 2 heterocycles. The van der Waals surface area contributed by atoms with Crippen LogP contribution in [0.4, 0.5) is 0 Å². The van der Waals surface area contributed by atoms with Gasteiger partial charge in [-0.25, -0.2) is 4.98 Å². The second-order valence-corrected chi connectivity index (χ2v) is 5.65. The van der Waals surface area contributed by atoms with Gasteiger partial charge in [-0.2, -0.15) is 0 Å². The van der Waals surface area contributed by atoms with Gasteiger partial charge in [0, 0.05) is 30.7 Å². The minimum absolute atomic E-state index is 0.116. The first-order valence-electron chi connectivity index (χ1n) is 7.48. The van der Waals surface area contributed by atoms with E-state index in [9.17, 15) is 4.79 Å². The van der Waals surface area contributed by atoms with E-state index in [4.69, 9.17) is 0 Å². The van der Waals surface area contributed by atoms with Gasteiger partial charge < -0.3 is 9.72 Å². The van der Waals surface area contributed by atoms with E-state index in [-0.39, 0.29) is 5.91 Å². The topological polar surface area (TPSA) is 59.3 Å². The molecule has 1 aromatic carbocycles. The standard InChI is InChI=1S/C17H16N4O/c22-17(19-10-12-6-7-12)14-11-21-9-8-18-15(16(21)20-14)13-4-2-1-3-5-13/h1-5,8-9,11-12H,6-7,10H2,(H,19,22). The van der Waals surface area contributed by atoms with Crippen LogP contribution in [0, 0.1) is 5.92 Å². The molecule has 1 amide bonds. The van der Waals surface area contributed by atoms with Crippen LogP contribution in [0.5, 0.6) is 0 Å². The van der Waals surface area contributed by atoms with Crippen LogP contribution in [0.25, 0.3) is 16.9 Å². The Kier molecular flexibility index (Phi) is 3.11. The zero-order chi connectivity index (χ0) is 14.9. The Morgan fingerprint density at radius 2 is 2.09 bits per heavy atom. The minimum Gasteiger partial charge on any atom is -0.350 e. The van der Waals surface area contributed by atoms with Crippen LogP contribution < -0.4 is 5.32 Å². The number of nitrogens with one attached hydrogen (secondary N) is 1. The van der Waals surface area contributed by atoms with Crippen molar-refractivity contribution in [2.75, 3.05) is 6.54 Å². The molecule has 110 valence electrons. The molecule has 1 aliphatic rings. The van der Waals surface area contributed by atoms with Gasteiger partial charge in [-0.15, -0.1) is 0 Å². The number of amides is 1. The Balaban J connectivity index is 1.69. The minimum atomic E-state index is -0.116. The summed E-state index contributed by atoms with van der Waals surface area (Å²) < 4.78 is 1.85. The lowest BCUT2D eigenvalue weighted by Crippen LogP contribution is -2.25. The zero-order valence-corrected chi connectivity index (χ0v) is 12.1. The summed E-state index contributed by atoms with van der Waals surface area (Å²) >= 11 is 0. The first kappa shape index (κ1) is 13.0. The van der Waals surface area contributed by atoms with Crippen LogP contribution in [-0.4, -0.2) is 26.8 Å². The maximum Gasteiger partial charge on any atom is 0.271 e. The molecule has 0 unspecified atom stereocenters. The largest absolute Gasteiger partial charge is 0.350 e. The molecule has 1 fully saturated rings. The molecular weight excluding hydrogens is 276 g/mol. The molecule has 0 radical (unpaired) electrons. The van der Waals surface area contributed by atoms with Crippen molar-refractivity contribution in [2.45, 2.75) is 12.8 Å². The normalized spacial score (nSPS) is 14.2. The highest BCUT2D eigenvalue weighted by Crippen LogP contribution is 2.27. The summed E-state index contributed by atoms with van der Waals surface area (Å²) in [5, 5.41) is 2.95. The van der Waals surface area contributed by atoms with E-state index in [0.717, 1.165) is 17.8 Å². The highest BCUT2D eigenvalue weighted by molar-refractivity contribution is 5.93. The summed E-state index contributed by atoms with van der Waals surface area (Å²) in [5.41, 5.74) is 2.91. The Morgan fingerprint density at radius 1 is 1.27 bits per heavy atom. The third kappa shape index (κ3) is 2.45. The zero-order valence-electron chi connectivity index (χ0n) is 12.1. The van der Waals surface area contributed by atoms with E-state index in [2.05, 4.69) is 15.3 Å². The molecule has 3 aromatic rings. The summed E-state index contributed by atoms with van der Waals surface area (Å²) in [6.07, 6.45) is 7.72. The highest BCUT2D eigenvalue weighted by Gasteiger charge is 2.22. The van der Waals surface area contributed by atoms with Gasteiger partial charge in [-0.1, -0.05) is 30.3 Å². The molecule has 4 rings (SSSR count). The van der Waals surface area contributed by atoms with E-state index in [0.29, 0.717) is 17.3 Å². The number of nitrogens with zero attached hydrogens (tertiary/aromatic N) is 3. The van der Waals surface area contributed by atoms with Crippen molar-refractivity contribution in [1.82, 2.24) is 19.7 Å². The molecule has 5 nitrogen and oxygen atoms in total. The van der Waals surface area contributed by atoms with Crippen molar-refractivity contribution >= 4 is 11.6 Å². The molecule has 1 aliphatic carbocycles. The second-order valence-electron chi connectivity index (χ2n) is 5.65. The first-order valence-corrected chi connectivity index (χ1v) is 7.48. The molecule has 0 saturated heterocycles. The lowest BCUT2D eigenvalue weighted by atomic mass is 10.1. The number of carbonyl (C=O) groups excluding carboxylic acids is 1. The van der Waals surface area contributed by atoms with Gasteiger partial charge in [0.15, 0.2) is 5.65 Å². The predicted octanol–water partition coefficient (Wildman–Crippen LogP) is 2.54. The molecule has 0 aliphatic heterocycles. The van der Waals surface area contributed by atoms with Gasteiger partial charge in [0.25, 0.3) is 5.91 Å². The van der Waals surface area contributed by atoms with Crippen LogP contribution >= 0.6 is 0 Å². The van der Waals surface area contributed by atoms with Crippen LogP contribution in [0.3, 0.4) is 0 Å². The molecule has 0 atom stereocenters. The highest BCUT2D eigenvalue weighted by atomic mass is 16.1. The summed E-state index contributed by atoms with van der Waals surface area (Å²) in [4.78, 5) is 21.1. The number of benzene rings is 1. The van der Waals surface area contributed by atoms with Crippen molar-refractivity contribution in [3.63, 3.8) is 0 Å². The number of hydrogen-bond donors (Lipinski definition) is 1. The smallest absolute Gasteiger partial charge is 0.271 e. The average Bonchev–Trinajstić information content (AvgIpc) is 3.29. The molecule has 1 saturated carbocycles. The molecule has 2 aromatic heterocycles. The molecular formula is C17H16N4O. The number of fused-ring (bicyclic) bond motifs is 1. The summed E-state index contributed by atoms with van der Waals surface area (Å²) in [7, 11) is 0. The van der Waals surface area contributed by atoms with Crippen molar-refractivity contribution in [1.29, 1.82) is 0 Å². The van der Waals surface area contributed by atoms with Crippen LogP contribution in [0.2, 0.25) is 0 Å². The number of imidazole rings is 1. The number of rotatable bonds is 4. The van der Waals surface area contributed by atoms with Crippen molar-refractivity contribution in [2.24, 2.45) is 5.92 Å². The van der Waals surface area contributed by atoms with Crippen LogP contribution in [0.1, 0.15) is 23.3 Å². The summed E-state index contributed by atoms with van der Waals surface area (Å²) in [5.74, 6) is 0.539. The van der Waals surface area contributed by atoms with Gasteiger partial charge in [0.05, 0.1) is 0 Å². The first-order chi connectivity index (χ1) is 10.8. The molecule has 5 heteroatoms. The van der Waals surface area contributed by atoms with Crippen molar-refractivity contribution in [3.8, 4) is 11.3 Å². The third-order valence-electron chi connectivity index (χ3n) is 3.90. The SMILES string of the molecule is O=C(NCC1CC1)c1cn2ccnc(-c3ccccc3)c2n1. The van der Waals surface area contributed by atoms with E-state index >= 15 is 0 Å². The maximum atomic E-state index is 12.2. The Labute approximate surface area is 128 Å². The van der Waals surface area contributed by atoms with Crippen LogP contribution in [-0.2, 0) is 0 Å². The Morgan fingerprint density at radius 3 is 2.86 bits per heavy atom. The fourth-order valence-corrected chi connectivity index (χ4v) is 2.48. The lowest BCUT2D eigenvalue weighted by Gasteiger charge is -2.01. The van der Waals surface area contributed by atoms with Gasteiger partial charge in [0.1, 0.15) is 11.4 Å². The second kappa shape index (κ2) is 5.26. The van der Waals surface area contributed by atoms with E-state index in [1.807, 2.05) is 40.9 Å². The summed E-state index contributed by atoms with van der Waals surface area (Å²) in [6, 6.07) is 9.87. The van der Waals surface area contributed by atoms with Gasteiger partial charge in [-0.05, 0) is 18.8 Å². The maximum absolute atomic E-state index is 12.2. The van der Waals surface area contributed by atoms with Gasteiger partial charge in [-0.3, -0.25) is 9.78 Å². The average molecular weight is 292 g/mol. The third-order valence-corrected chi connectivity index (χ3v) is 3.90. The summed E-state index contributed by atoms with van der Waals surface area (Å²) in [6.45, 7) is 0.747. The fourth-order valence-electron chi connectivity index (χ4n) is 2.48. The molecule has 0 spiro atoms. The van der Waals surface area contributed by atoms with E-state index in [1.54, 1.807) is 12.4 Å². The number of aromatic nitrogens is 3. The Bertz CT molecular complexity index is 821. The van der Waals surface area contributed by atoms with Gasteiger partial charge >= 0.3 is 0 Å². The number of carbonyl (C=O) groups is 1. The lowest BCUT2D eigenvalue weighted by molar-refractivity contribution is 0.0947. The monoisotopic (exact) mass is 292 g/mol. The fraction of sp³-hybridized carbons (Fsp3) is 0.235.